The van der Waals surface area contributed by atoms with Crippen molar-refractivity contribution in [1.82, 2.24) is 9.88 Å². The Labute approximate surface area is 107 Å². The van der Waals surface area contributed by atoms with Gasteiger partial charge in [-0.25, -0.2) is 0 Å². The standard InChI is InChI=1S/C14H19N3O/c1-11-7-13(18-14(11)8-15)10-17(2)9-12-3-5-16-6-4-12/h3-7H,8-10,15H2,1-2H3. The van der Waals surface area contributed by atoms with Gasteiger partial charge in [-0.2, -0.15) is 0 Å². The maximum atomic E-state index is 5.69. The molecule has 2 aromatic rings. The van der Waals surface area contributed by atoms with Crippen LogP contribution in [0.2, 0.25) is 0 Å². The zero-order valence-corrected chi connectivity index (χ0v) is 10.9. The average Bonchev–Trinajstić information content (AvgIpc) is 2.70. The van der Waals surface area contributed by atoms with Crippen LogP contribution >= 0.6 is 0 Å². The Morgan fingerprint density at radius 2 is 2.00 bits per heavy atom. The van der Waals surface area contributed by atoms with Crippen molar-refractivity contribution >= 4 is 0 Å². The van der Waals surface area contributed by atoms with E-state index in [-0.39, 0.29) is 0 Å². The van der Waals surface area contributed by atoms with E-state index in [1.807, 2.05) is 31.5 Å². The molecular weight excluding hydrogens is 226 g/mol. The van der Waals surface area contributed by atoms with Gasteiger partial charge < -0.3 is 10.2 Å². The number of nitrogens with zero attached hydrogens (tertiary/aromatic N) is 2. The van der Waals surface area contributed by atoms with Crippen LogP contribution < -0.4 is 5.73 Å². The summed E-state index contributed by atoms with van der Waals surface area (Å²) < 4.78 is 5.69. The third kappa shape index (κ3) is 3.18. The lowest BCUT2D eigenvalue weighted by Crippen LogP contribution is -2.16. The van der Waals surface area contributed by atoms with Gasteiger partial charge in [0.25, 0.3) is 0 Å². The molecule has 96 valence electrons. The highest BCUT2D eigenvalue weighted by molar-refractivity contribution is 5.20. The Balaban J connectivity index is 1.96. The van der Waals surface area contributed by atoms with Gasteiger partial charge in [-0.3, -0.25) is 9.88 Å². The zero-order valence-electron chi connectivity index (χ0n) is 10.9. The molecule has 4 heteroatoms. The highest BCUT2D eigenvalue weighted by atomic mass is 16.3. The van der Waals surface area contributed by atoms with E-state index in [2.05, 4.69) is 23.0 Å². The van der Waals surface area contributed by atoms with Crippen molar-refractivity contribution in [3.63, 3.8) is 0 Å². The summed E-state index contributed by atoms with van der Waals surface area (Å²) in [5, 5.41) is 0. The fraction of sp³-hybridized carbons (Fsp3) is 0.357. The summed E-state index contributed by atoms with van der Waals surface area (Å²) in [7, 11) is 2.07. The number of furan rings is 1. The first-order valence-electron chi connectivity index (χ1n) is 6.04. The first-order valence-corrected chi connectivity index (χ1v) is 6.04. The Kier molecular flexibility index (Phi) is 4.12. The van der Waals surface area contributed by atoms with E-state index in [0.29, 0.717) is 6.54 Å². The molecule has 0 fully saturated rings. The Hall–Kier alpha value is -1.65. The Bertz CT molecular complexity index is 493. The molecule has 0 aromatic carbocycles. The molecule has 18 heavy (non-hydrogen) atoms. The summed E-state index contributed by atoms with van der Waals surface area (Å²) in [6, 6.07) is 6.11. The second kappa shape index (κ2) is 5.80. The van der Waals surface area contributed by atoms with Crippen LogP contribution in [0.15, 0.2) is 35.0 Å². The van der Waals surface area contributed by atoms with Gasteiger partial charge in [0.1, 0.15) is 11.5 Å². The third-order valence-electron chi connectivity index (χ3n) is 2.88. The molecule has 2 aromatic heterocycles. The van der Waals surface area contributed by atoms with Gasteiger partial charge >= 0.3 is 0 Å². The maximum Gasteiger partial charge on any atom is 0.120 e. The number of pyridine rings is 1. The molecule has 0 radical (unpaired) electrons. The summed E-state index contributed by atoms with van der Waals surface area (Å²) in [4.78, 5) is 6.21. The number of nitrogens with two attached hydrogens (primary N) is 1. The fourth-order valence-electron chi connectivity index (χ4n) is 1.99. The topological polar surface area (TPSA) is 55.3 Å². The largest absolute Gasteiger partial charge is 0.463 e. The quantitative estimate of drug-likeness (QED) is 0.876. The van der Waals surface area contributed by atoms with Crippen LogP contribution in [-0.2, 0) is 19.6 Å². The van der Waals surface area contributed by atoms with Crippen molar-refractivity contribution in [3.05, 3.63) is 53.2 Å². The number of hydrogen-bond donors (Lipinski definition) is 1. The smallest absolute Gasteiger partial charge is 0.120 e. The monoisotopic (exact) mass is 245 g/mol. The van der Waals surface area contributed by atoms with Gasteiger partial charge in [-0.15, -0.1) is 0 Å². The summed E-state index contributed by atoms with van der Waals surface area (Å²) in [5.41, 5.74) is 7.98. The van der Waals surface area contributed by atoms with E-state index >= 15 is 0 Å². The first kappa shape index (κ1) is 12.8. The van der Waals surface area contributed by atoms with Crippen molar-refractivity contribution in [1.29, 1.82) is 0 Å². The predicted octanol–water partition coefficient (Wildman–Crippen LogP) is 2.07. The minimum Gasteiger partial charge on any atom is -0.463 e. The molecule has 0 atom stereocenters. The first-order chi connectivity index (χ1) is 8.69. The number of aryl methyl sites for hydroxylation is 1. The molecule has 0 aliphatic carbocycles. The molecule has 0 aliphatic rings. The number of rotatable bonds is 5. The lowest BCUT2D eigenvalue weighted by atomic mass is 10.2. The van der Waals surface area contributed by atoms with Crippen molar-refractivity contribution in [2.75, 3.05) is 7.05 Å². The van der Waals surface area contributed by atoms with Gasteiger partial charge in [0.05, 0.1) is 13.1 Å². The highest BCUT2D eigenvalue weighted by Crippen LogP contribution is 2.16. The van der Waals surface area contributed by atoms with Crippen LogP contribution in [0.3, 0.4) is 0 Å². The molecule has 2 rings (SSSR count). The van der Waals surface area contributed by atoms with Crippen LogP contribution in [0, 0.1) is 6.92 Å². The van der Waals surface area contributed by atoms with Gasteiger partial charge in [0.15, 0.2) is 0 Å². The van der Waals surface area contributed by atoms with Crippen LogP contribution in [0.1, 0.15) is 22.6 Å². The number of aromatic nitrogens is 1. The van der Waals surface area contributed by atoms with E-state index in [9.17, 15) is 0 Å². The molecule has 0 unspecified atom stereocenters. The number of hydrogen-bond acceptors (Lipinski definition) is 4. The average molecular weight is 245 g/mol. The van der Waals surface area contributed by atoms with E-state index in [1.54, 1.807) is 0 Å². The normalized spacial score (nSPS) is 11.1. The molecule has 0 saturated heterocycles. The molecule has 0 saturated carbocycles. The Morgan fingerprint density at radius 1 is 1.28 bits per heavy atom. The minimum atomic E-state index is 0.458. The molecule has 0 amide bonds. The van der Waals surface area contributed by atoms with Crippen molar-refractivity contribution in [2.45, 2.75) is 26.6 Å². The maximum absolute atomic E-state index is 5.69. The van der Waals surface area contributed by atoms with Crippen LogP contribution in [0.25, 0.3) is 0 Å². The highest BCUT2D eigenvalue weighted by Gasteiger charge is 2.08. The third-order valence-corrected chi connectivity index (χ3v) is 2.88. The van der Waals surface area contributed by atoms with E-state index in [4.69, 9.17) is 10.2 Å². The van der Waals surface area contributed by atoms with Crippen molar-refractivity contribution < 1.29 is 4.42 Å². The van der Waals surface area contributed by atoms with Crippen molar-refractivity contribution in [3.8, 4) is 0 Å². The SMILES string of the molecule is Cc1cc(CN(C)Cc2ccncc2)oc1CN. The van der Waals surface area contributed by atoms with Crippen LogP contribution in [-0.4, -0.2) is 16.9 Å². The van der Waals surface area contributed by atoms with Gasteiger partial charge in [-0.1, -0.05) is 0 Å². The second-order valence-electron chi connectivity index (χ2n) is 4.55. The zero-order chi connectivity index (χ0) is 13.0. The predicted molar refractivity (Wildman–Crippen MR) is 70.7 cm³/mol. The van der Waals surface area contributed by atoms with E-state index < -0.39 is 0 Å². The molecule has 4 nitrogen and oxygen atoms in total. The minimum absolute atomic E-state index is 0.458. The molecule has 2 heterocycles. The second-order valence-corrected chi connectivity index (χ2v) is 4.55. The van der Waals surface area contributed by atoms with Gasteiger partial charge in [-0.05, 0) is 43.3 Å². The van der Waals surface area contributed by atoms with E-state index in [1.165, 1.54) is 5.56 Å². The molecular formula is C14H19N3O. The Morgan fingerprint density at radius 3 is 2.61 bits per heavy atom. The fourth-order valence-corrected chi connectivity index (χ4v) is 1.99. The van der Waals surface area contributed by atoms with E-state index in [0.717, 1.165) is 30.2 Å². The summed E-state index contributed by atoms with van der Waals surface area (Å²) in [6.07, 6.45) is 3.62. The lowest BCUT2D eigenvalue weighted by Gasteiger charge is -2.14. The van der Waals surface area contributed by atoms with Gasteiger partial charge in [0, 0.05) is 18.9 Å². The molecule has 2 N–H and O–H groups in total. The summed E-state index contributed by atoms with van der Waals surface area (Å²) >= 11 is 0. The van der Waals surface area contributed by atoms with Crippen molar-refractivity contribution in [2.24, 2.45) is 5.73 Å². The molecule has 0 aliphatic heterocycles. The molecule has 0 bridgehead atoms. The summed E-state index contributed by atoms with van der Waals surface area (Å²) in [5.74, 6) is 1.84. The van der Waals surface area contributed by atoms with Crippen LogP contribution in [0.4, 0.5) is 0 Å². The molecule has 0 spiro atoms. The van der Waals surface area contributed by atoms with Crippen LogP contribution in [0.5, 0.6) is 0 Å². The van der Waals surface area contributed by atoms with Gasteiger partial charge in [0.2, 0.25) is 0 Å². The summed E-state index contributed by atoms with van der Waals surface area (Å²) in [6.45, 7) is 4.14. The lowest BCUT2D eigenvalue weighted by molar-refractivity contribution is 0.283.